The molecule has 2 aliphatic rings. The molecule has 3 aromatic rings. The van der Waals surface area contributed by atoms with Gasteiger partial charge in [-0.25, -0.2) is 9.97 Å². The molecular weight excluding hydrogens is 500 g/mol. The van der Waals surface area contributed by atoms with E-state index in [0.717, 1.165) is 44.2 Å². The Morgan fingerprint density at radius 1 is 1.05 bits per heavy atom. The van der Waals surface area contributed by atoms with Gasteiger partial charge in [-0.2, -0.15) is 0 Å². The fourth-order valence-electron chi connectivity index (χ4n) is 5.61. The molecule has 7 nitrogen and oxygen atoms in total. The Bertz CT molecular complexity index is 1310. The summed E-state index contributed by atoms with van der Waals surface area (Å²) >= 11 is 6.25. The third kappa shape index (κ3) is 6.33. The topological polar surface area (TPSA) is 86.6 Å². The molecule has 0 radical (unpaired) electrons. The second-order valence-corrected chi connectivity index (χ2v) is 10.8. The summed E-state index contributed by atoms with van der Waals surface area (Å²) in [6.45, 7) is 1.59. The molecule has 5 rings (SSSR count). The third-order valence-electron chi connectivity index (χ3n) is 7.58. The lowest BCUT2D eigenvalue weighted by molar-refractivity contribution is -0.137. The lowest BCUT2D eigenvalue weighted by Crippen LogP contribution is -2.40. The summed E-state index contributed by atoms with van der Waals surface area (Å²) in [4.78, 5) is 38.7. The van der Waals surface area contributed by atoms with Crippen LogP contribution in [-0.4, -0.2) is 51.5 Å². The first-order chi connectivity index (χ1) is 18.5. The summed E-state index contributed by atoms with van der Waals surface area (Å²) in [5, 5.41) is 10.2. The lowest BCUT2D eigenvalue weighted by atomic mass is 9.89. The van der Waals surface area contributed by atoms with Gasteiger partial charge in [-0.1, -0.05) is 67.3 Å². The molecule has 1 fully saturated rings. The molecule has 0 spiro atoms. The molecule has 1 saturated carbocycles. The number of aliphatic carboxylic acids is 1. The van der Waals surface area contributed by atoms with Crippen molar-refractivity contribution in [3.05, 3.63) is 87.7 Å². The van der Waals surface area contributed by atoms with Crippen molar-refractivity contribution < 1.29 is 14.7 Å². The van der Waals surface area contributed by atoms with Crippen molar-refractivity contribution in [1.29, 1.82) is 0 Å². The largest absolute Gasteiger partial charge is 0.480 e. The van der Waals surface area contributed by atoms with Gasteiger partial charge in [-0.05, 0) is 54.0 Å². The van der Waals surface area contributed by atoms with Crippen molar-refractivity contribution in [2.24, 2.45) is 5.92 Å². The minimum atomic E-state index is -1.02. The molecule has 8 heteroatoms. The minimum absolute atomic E-state index is 0.317. The highest BCUT2D eigenvalue weighted by Gasteiger charge is 2.27. The summed E-state index contributed by atoms with van der Waals surface area (Å²) in [5.74, 6) is -0.456. The zero-order valence-electron chi connectivity index (χ0n) is 21.5. The second kappa shape index (κ2) is 11.9. The number of nitrogens with zero attached hydrogens (tertiary/aromatic N) is 4. The zero-order valence-corrected chi connectivity index (χ0v) is 22.2. The molecule has 198 valence electrons. The van der Waals surface area contributed by atoms with Crippen LogP contribution < -0.4 is 4.90 Å². The number of fused-ring (bicyclic) bond motifs is 1. The van der Waals surface area contributed by atoms with E-state index in [2.05, 4.69) is 28.1 Å². The molecule has 2 aromatic carbocycles. The first kappa shape index (κ1) is 26.2. The number of rotatable bonds is 8. The quantitative estimate of drug-likeness (QED) is 0.418. The molecule has 1 aromatic heterocycles. The van der Waals surface area contributed by atoms with Gasteiger partial charge in [0, 0.05) is 37.3 Å². The van der Waals surface area contributed by atoms with Crippen LogP contribution in [0.3, 0.4) is 0 Å². The molecule has 0 bridgehead atoms. The highest BCUT2D eigenvalue weighted by atomic mass is 35.5. The number of aromatic nitrogens is 2. The number of carboxylic acid groups (broad SMARTS) is 1. The highest BCUT2D eigenvalue weighted by Crippen LogP contribution is 2.27. The van der Waals surface area contributed by atoms with Crippen molar-refractivity contribution >= 4 is 29.4 Å². The van der Waals surface area contributed by atoms with Gasteiger partial charge in [-0.15, -0.1) is 0 Å². The van der Waals surface area contributed by atoms with Gasteiger partial charge in [0.05, 0.1) is 11.3 Å². The zero-order chi connectivity index (χ0) is 26.5. The Hall–Kier alpha value is -3.45. The predicted molar refractivity (Wildman–Crippen MR) is 148 cm³/mol. The standard InChI is InChI=1S/C30H33ClN4O3/c31-25-12-6-9-22(15-25)16-27-26(29(38)35(20-28(36)37)18-21-7-2-1-3-8-21)17-32-30(33-27)34-14-13-23-10-4-5-11-24(23)19-34/h4-6,9-12,15,17,21H,1-3,7-8,13-14,16,18-20H2,(H,36,37). The summed E-state index contributed by atoms with van der Waals surface area (Å²) in [5.41, 5.74) is 4.45. The van der Waals surface area contributed by atoms with Gasteiger partial charge in [0.15, 0.2) is 0 Å². The Balaban J connectivity index is 1.46. The van der Waals surface area contributed by atoms with E-state index >= 15 is 0 Å². The number of hydrogen-bond donors (Lipinski definition) is 1. The Morgan fingerprint density at radius 2 is 1.84 bits per heavy atom. The summed E-state index contributed by atoms with van der Waals surface area (Å²) in [6, 6.07) is 15.9. The maximum Gasteiger partial charge on any atom is 0.323 e. The molecule has 2 heterocycles. The summed E-state index contributed by atoms with van der Waals surface area (Å²) in [7, 11) is 0. The van der Waals surface area contributed by atoms with E-state index in [1.807, 2.05) is 30.3 Å². The van der Waals surface area contributed by atoms with Crippen molar-refractivity contribution in [2.75, 3.05) is 24.5 Å². The van der Waals surface area contributed by atoms with E-state index in [0.29, 0.717) is 47.7 Å². The average molecular weight is 533 g/mol. The number of benzene rings is 2. The molecule has 0 atom stereocenters. The lowest BCUT2D eigenvalue weighted by Gasteiger charge is -2.30. The second-order valence-electron chi connectivity index (χ2n) is 10.4. The maximum absolute atomic E-state index is 13.8. The van der Waals surface area contributed by atoms with E-state index < -0.39 is 5.97 Å². The maximum atomic E-state index is 13.8. The van der Waals surface area contributed by atoms with Crippen LogP contribution in [0.15, 0.2) is 54.7 Å². The molecule has 1 N–H and O–H groups in total. The van der Waals surface area contributed by atoms with E-state index in [4.69, 9.17) is 16.6 Å². The monoisotopic (exact) mass is 532 g/mol. The Labute approximate surface area is 228 Å². The smallest absolute Gasteiger partial charge is 0.323 e. The van der Waals surface area contributed by atoms with Crippen molar-refractivity contribution in [3.63, 3.8) is 0 Å². The first-order valence-electron chi connectivity index (χ1n) is 13.4. The summed E-state index contributed by atoms with van der Waals surface area (Å²) in [6.07, 6.45) is 8.36. The number of halogens is 1. The van der Waals surface area contributed by atoms with Crippen molar-refractivity contribution in [1.82, 2.24) is 14.9 Å². The number of carboxylic acids is 1. The predicted octanol–water partition coefficient (Wildman–Crippen LogP) is 5.39. The van der Waals surface area contributed by atoms with E-state index in [1.165, 1.54) is 22.4 Å². The highest BCUT2D eigenvalue weighted by molar-refractivity contribution is 6.30. The molecule has 1 aliphatic carbocycles. The van der Waals surface area contributed by atoms with Gasteiger partial charge in [-0.3, -0.25) is 9.59 Å². The minimum Gasteiger partial charge on any atom is -0.480 e. The van der Waals surface area contributed by atoms with Crippen molar-refractivity contribution in [2.45, 2.75) is 51.5 Å². The van der Waals surface area contributed by atoms with Crippen LogP contribution in [0.4, 0.5) is 5.95 Å². The normalized spacial score (nSPS) is 15.7. The molecule has 0 saturated heterocycles. The van der Waals surface area contributed by atoms with E-state index in [9.17, 15) is 14.7 Å². The van der Waals surface area contributed by atoms with Gasteiger partial charge in [0.2, 0.25) is 5.95 Å². The van der Waals surface area contributed by atoms with Crippen LogP contribution >= 0.6 is 11.6 Å². The van der Waals surface area contributed by atoms with Crippen LogP contribution in [0.5, 0.6) is 0 Å². The molecule has 0 unspecified atom stereocenters. The van der Waals surface area contributed by atoms with Crippen molar-refractivity contribution in [3.8, 4) is 0 Å². The first-order valence-corrected chi connectivity index (χ1v) is 13.8. The van der Waals surface area contributed by atoms with Crippen LogP contribution in [0.2, 0.25) is 5.02 Å². The van der Waals surface area contributed by atoms with Crippen LogP contribution in [0, 0.1) is 5.92 Å². The Morgan fingerprint density at radius 3 is 2.61 bits per heavy atom. The third-order valence-corrected chi connectivity index (χ3v) is 7.81. The van der Waals surface area contributed by atoms with Gasteiger partial charge < -0.3 is 14.9 Å². The van der Waals surface area contributed by atoms with E-state index in [-0.39, 0.29) is 12.5 Å². The SMILES string of the molecule is O=C(O)CN(CC1CCCCC1)C(=O)c1cnc(N2CCc3ccccc3C2)nc1Cc1cccc(Cl)c1. The van der Waals surface area contributed by atoms with E-state index in [1.54, 1.807) is 6.20 Å². The summed E-state index contributed by atoms with van der Waals surface area (Å²) < 4.78 is 0. The Kier molecular flexibility index (Phi) is 8.23. The number of hydrogen-bond acceptors (Lipinski definition) is 5. The number of anilines is 1. The average Bonchev–Trinajstić information content (AvgIpc) is 2.92. The molecule has 1 amide bonds. The van der Waals surface area contributed by atoms with Gasteiger partial charge in [0.1, 0.15) is 6.54 Å². The van der Waals surface area contributed by atoms with Gasteiger partial charge >= 0.3 is 5.97 Å². The number of amides is 1. The molecule has 38 heavy (non-hydrogen) atoms. The fourth-order valence-corrected chi connectivity index (χ4v) is 5.83. The number of carbonyl (C=O) groups excluding carboxylic acids is 1. The molecular formula is C30H33ClN4O3. The fraction of sp³-hybridized carbons (Fsp3) is 0.400. The van der Waals surface area contributed by atoms with Crippen LogP contribution in [0.25, 0.3) is 0 Å². The van der Waals surface area contributed by atoms with Crippen LogP contribution in [0.1, 0.15) is 64.8 Å². The number of carbonyl (C=O) groups is 2. The van der Waals surface area contributed by atoms with Crippen LogP contribution in [-0.2, 0) is 24.2 Å². The van der Waals surface area contributed by atoms with Gasteiger partial charge in [0.25, 0.3) is 5.91 Å². The molecule has 1 aliphatic heterocycles.